The van der Waals surface area contributed by atoms with Crippen LogP contribution < -0.4 is 10.6 Å². The molecule has 0 aromatic carbocycles. The number of aromatic nitrogens is 2. The van der Waals surface area contributed by atoms with E-state index in [1.54, 1.807) is 30.6 Å². The molecule has 2 aromatic rings. The lowest BCUT2D eigenvalue weighted by Crippen LogP contribution is -2.13. The minimum absolute atomic E-state index is 0.196. The van der Waals surface area contributed by atoms with Crippen LogP contribution in [-0.2, 0) is 0 Å². The number of nitrogens with zero attached hydrogens (tertiary/aromatic N) is 2. The number of hydrogen-bond acceptors (Lipinski definition) is 4. The van der Waals surface area contributed by atoms with Crippen molar-refractivity contribution in [3.63, 3.8) is 0 Å². The molecule has 2 aromatic heterocycles. The molecule has 98 valence electrons. The first-order valence-corrected chi connectivity index (χ1v) is 6.13. The van der Waals surface area contributed by atoms with Crippen LogP contribution in [0.5, 0.6) is 0 Å². The Hall–Kier alpha value is -2.43. The molecular formula is C14H16N4O. The van der Waals surface area contributed by atoms with E-state index >= 15 is 0 Å². The Kier molecular flexibility index (Phi) is 4.07. The predicted molar refractivity (Wildman–Crippen MR) is 75.3 cm³/mol. The number of rotatable bonds is 4. The molecule has 0 radical (unpaired) electrons. The van der Waals surface area contributed by atoms with Gasteiger partial charge < -0.3 is 10.6 Å². The summed E-state index contributed by atoms with van der Waals surface area (Å²) in [6, 6.07) is 7.07. The van der Waals surface area contributed by atoms with Crippen LogP contribution in [0, 0.1) is 6.92 Å². The molecule has 2 rings (SSSR count). The number of anilines is 2. The van der Waals surface area contributed by atoms with E-state index in [9.17, 15) is 4.79 Å². The highest BCUT2D eigenvalue weighted by Crippen LogP contribution is 2.10. The van der Waals surface area contributed by atoms with Gasteiger partial charge in [0.25, 0.3) is 5.91 Å². The number of aryl methyl sites for hydroxylation is 1. The van der Waals surface area contributed by atoms with Gasteiger partial charge in [0, 0.05) is 24.5 Å². The fourth-order valence-electron chi connectivity index (χ4n) is 1.58. The summed E-state index contributed by atoms with van der Waals surface area (Å²) in [5.41, 5.74) is 1.60. The Labute approximate surface area is 112 Å². The first-order chi connectivity index (χ1) is 9.19. The van der Waals surface area contributed by atoms with Gasteiger partial charge in [-0.3, -0.25) is 4.79 Å². The Morgan fingerprint density at radius 3 is 2.74 bits per heavy atom. The van der Waals surface area contributed by atoms with Crippen LogP contribution in [0.2, 0.25) is 0 Å². The summed E-state index contributed by atoms with van der Waals surface area (Å²) < 4.78 is 0. The predicted octanol–water partition coefficient (Wildman–Crippen LogP) is 2.47. The molecule has 1 amide bonds. The summed E-state index contributed by atoms with van der Waals surface area (Å²) >= 11 is 0. The topological polar surface area (TPSA) is 66.9 Å². The Balaban J connectivity index is 2.11. The molecule has 5 nitrogen and oxygen atoms in total. The number of hydrogen-bond donors (Lipinski definition) is 2. The van der Waals surface area contributed by atoms with Crippen molar-refractivity contribution >= 4 is 17.5 Å². The van der Waals surface area contributed by atoms with Crippen molar-refractivity contribution in [3.8, 4) is 0 Å². The van der Waals surface area contributed by atoms with Gasteiger partial charge in [0.15, 0.2) is 0 Å². The number of pyridine rings is 2. The molecule has 0 saturated carbocycles. The maximum atomic E-state index is 12.0. The number of amides is 1. The van der Waals surface area contributed by atoms with Gasteiger partial charge in [0.05, 0.1) is 0 Å². The minimum atomic E-state index is -0.196. The molecule has 0 atom stereocenters. The van der Waals surface area contributed by atoms with Crippen molar-refractivity contribution in [3.05, 3.63) is 47.8 Å². The maximum absolute atomic E-state index is 12.0. The second-order valence-corrected chi connectivity index (χ2v) is 4.14. The van der Waals surface area contributed by atoms with Crippen molar-refractivity contribution in [2.75, 3.05) is 17.2 Å². The van der Waals surface area contributed by atoms with Gasteiger partial charge in [-0.2, -0.15) is 0 Å². The van der Waals surface area contributed by atoms with Crippen LogP contribution >= 0.6 is 0 Å². The molecule has 5 heteroatoms. The molecule has 0 aliphatic rings. The van der Waals surface area contributed by atoms with E-state index < -0.39 is 0 Å². The Morgan fingerprint density at radius 1 is 1.21 bits per heavy atom. The van der Waals surface area contributed by atoms with E-state index in [0.717, 1.165) is 12.1 Å². The molecule has 0 bridgehead atoms. The van der Waals surface area contributed by atoms with Gasteiger partial charge >= 0.3 is 0 Å². The Bertz CT molecular complexity index is 566. The zero-order valence-electron chi connectivity index (χ0n) is 11.0. The lowest BCUT2D eigenvalue weighted by atomic mass is 10.2. The van der Waals surface area contributed by atoms with Crippen LogP contribution in [0.3, 0.4) is 0 Å². The quantitative estimate of drug-likeness (QED) is 0.881. The van der Waals surface area contributed by atoms with Gasteiger partial charge in [-0.05, 0) is 37.6 Å². The van der Waals surface area contributed by atoms with E-state index in [-0.39, 0.29) is 5.91 Å². The molecule has 0 unspecified atom stereocenters. The molecule has 2 N–H and O–H groups in total. The summed E-state index contributed by atoms with van der Waals surface area (Å²) in [6.07, 6.45) is 3.32. The highest BCUT2D eigenvalue weighted by atomic mass is 16.1. The SMILES string of the molecule is CCNc1cc(C(=O)Nc2ccc(C)cn2)ccn1. The maximum Gasteiger partial charge on any atom is 0.257 e. The summed E-state index contributed by atoms with van der Waals surface area (Å²) in [5, 5.41) is 5.82. The zero-order chi connectivity index (χ0) is 13.7. The summed E-state index contributed by atoms with van der Waals surface area (Å²) in [6.45, 7) is 4.69. The van der Waals surface area contributed by atoms with Gasteiger partial charge in [0.2, 0.25) is 0 Å². The standard InChI is InChI=1S/C14H16N4O/c1-3-15-13-8-11(6-7-16-13)14(19)18-12-5-4-10(2)9-17-12/h4-9H,3H2,1-2H3,(H,15,16)(H,17,18,19). The third-order valence-electron chi connectivity index (χ3n) is 2.53. The van der Waals surface area contributed by atoms with Gasteiger partial charge in [-0.1, -0.05) is 6.07 Å². The van der Waals surface area contributed by atoms with Crippen LogP contribution in [0.4, 0.5) is 11.6 Å². The van der Waals surface area contributed by atoms with Crippen LogP contribution in [0.1, 0.15) is 22.8 Å². The van der Waals surface area contributed by atoms with E-state index in [0.29, 0.717) is 17.2 Å². The summed E-state index contributed by atoms with van der Waals surface area (Å²) in [7, 11) is 0. The molecular weight excluding hydrogens is 240 g/mol. The third kappa shape index (κ3) is 3.51. The van der Waals surface area contributed by atoms with E-state index in [1.807, 2.05) is 19.9 Å². The van der Waals surface area contributed by atoms with Crippen molar-refractivity contribution in [2.24, 2.45) is 0 Å². The largest absolute Gasteiger partial charge is 0.370 e. The van der Waals surface area contributed by atoms with Gasteiger partial charge in [-0.15, -0.1) is 0 Å². The zero-order valence-corrected chi connectivity index (χ0v) is 11.0. The molecule has 0 aliphatic carbocycles. The third-order valence-corrected chi connectivity index (χ3v) is 2.53. The fourth-order valence-corrected chi connectivity index (χ4v) is 1.58. The average Bonchev–Trinajstić information content (AvgIpc) is 2.42. The second kappa shape index (κ2) is 5.95. The summed E-state index contributed by atoms with van der Waals surface area (Å²) in [5.74, 6) is 1.03. The fraction of sp³-hybridized carbons (Fsp3) is 0.214. The van der Waals surface area contributed by atoms with Crippen LogP contribution in [-0.4, -0.2) is 22.4 Å². The highest BCUT2D eigenvalue weighted by molar-refractivity contribution is 6.04. The van der Waals surface area contributed by atoms with E-state index in [2.05, 4.69) is 20.6 Å². The van der Waals surface area contributed by atoms with Crippen molar-refractivity contribution in [1.29, 1.82) is 0 Å². The molecule has 19 heavy (non-hydrogen) atoms. The van der Waals surface area contributed by atoms with Crippen molar-refractivity contribution in [1.82, 2.24) is 9.97 Å². The summed E-state index contributed by atoms with van der Waals surface area (Å²) in [4.78, 5) is 20.3. The average molecular weight is 256 g/mol. The first-order valence-electron chi connectivity index (χ1n) is 6.13. The first kappa shape index (κ1) is 13.0. The minimum Gasteiger partial charge on any atom is -0.370 e. The van der Waals surface area contributed by atoms with Gasteiger partial charge in [0.1, 0.15) is 11.6 Å². The van der Waals surface area contributed by atoms with Gasteiger partial charge in [-0.25, -0.2) is 9.97 Å². The normalized spacial score (nSPS) is 10.0. The molecule has 0 spiro atoms. The Morgan fingerprint density at radius 2 is 2.05 bits per heavy atom. The number of carbonyl (C=O) groups is 1. The highest BCUT2D eigenvalue weighted by Gasteiger charge is 2.07. The lowest BCUT2D eigenvalue weighted by molar-refractivity contribution is 0.102. The second-order valence-electron chi connectivity index (χ2n) is 4.14. The molecule has 0 saturated heterocycles. The monoisotopic (exact) mass is 256 g/mol. The number of carbonyl (C=O) groups excluding carboxylic acids is 1. The smallest absolute Gasteiger partial charge is 0.257 e. The van der Waals surface area contributed by atoms with E-state index in [1.165, 1.54) is 0 Å². The van der Waals surface area contributed by atoms with Crippen molar-refractivity contribution < 1.29 is 4.79 Å². The lowest BCUT2D eigenvalue weighted by Gasteiger charge is -2.06. The van der Waals surface area contributed by atoms with E-state index in [4.69, 9.17) is 0 Å². The molecule has 2 heterocycles. The molecule has 0 fully saturated rings. The van der Waals surface area contributed by atoms with Crippen molar-refractivity contribution in [2.45, 2.75) is 13.8 Å². The van der Waals surface area contributed by atoms with Crippen LogP contribution in [0.15, 0.2) is 36.7 Å². The van der Waals surface area contributed by atoms with Crippen LogP contribution in [0.25, 0.3) is 0 Å². The molecule has 0 aliphatic heterocycles. The number of nitrogens with one attached hydrogen (secondary N) is 2.